The average Bonchev–Trinajstić information content (AvgIpc) is 2.22. The molecule has 1 aromatic carbocycles. The SMILES string of the molecule is Cc1ccccc1CN(C)CCCCCl. The van der Waals surface area contributed by atoms with Gasteiger partial charge in [-0.2, -0.15) is 0 Å². The second-order valence-corrected chi connectivity index (χ2v) is 4.44. The van der Waals surface area contributed by atoms with Gasteiger partial charge in [0.15, 0.2) is 0 Å². The first-order valence-electron chi connectivity index (χ1n) is 5.53. The van der Waals surface area contributed by atoms with E-state index in [-0.39, 0.29) is 0 Å². The molecule has 0 aliphatic carbocycles. The summed E-state index contributed by atoms with van der Waals surface area (Å²) >= 11 is 5.65. The van der Waals surface area contributed by atoms with Crippen LogP contribution in [0.4, 0.5) is 0 Å². The number of aryl methyl sites for hydroxylation is 1. The Morgan fingerprint density at radius 2 is 1.93 bits per heavy atom. The molecule has 0 atom stereocenters. The predicted octanol–water partition coefficient (Wildman–Crippen LogP) is 3.45. The van der Waals surface area contributed by atoms with Gasteiger partial charge in [0, 0.05) is 12.4 Å². The van der Waals surface area contributed by atoms with Crippen molar-refractivity contribution in [3.05, 3.63) is 35.4 Å². The zero-order chi connectivity index (χ0) is 11.1. The van der Waals surface area contributed by atoms with E-state index in [1.54, 1.807) is 0 Å². The van der Waals surface area contributed by atoms with Crippen molar-refractivity contribution in [2.75, 3.05) is 19.5 Å². The number of halogens is 1. The van der Waals surface area contributed by atoms with Crippen LogP contribution in [0.1, 0.15) is 24.0 Å². The Morgan fingerprint density at radius 3 is 2.60 bits per heavy atom. The topological polar surface area (TPSA) is 3.24 Å². The van der Waals surface area contributed by atoms with Gasteiger partial charge >= 0.3 is 0 Å². The molecule has 2 heteroatoms. The molecule has 0 unspecified atom stereocenters. The zero-order valence-electron chi connectivity index (χ0n) is 9.67. The van der Waals surface area contributed by atoms with Gasteiger partial charge in [-0.1, -0.05) is 24.3 Å². The first-order chi connectivity index (χ1) is 7.24. The summed E-state index contributed by atoms with van der Waals surface area (Å²) in [5.41, 5.74) is 2.80. The highest BCUT2D eigenvalue weighted by molar-refractivity contribution is 6.17. The molecule has 0 amide bonds. The lowest BCUT2D eigenvalue weighted by atomic mass is 10.1. The number of hydrogen-bond acceptors (Lipinski definition) is 1. The molecule has 0 N–H and O–H groups in total. The Morgan fingerprint density at radius 1 is 1.20 bits per heavy atom. The third-order valence-electron chi connectivity index (χ3n) is 2.62. The molecule has 0 heterocycles. The summed E-state index contributed by atoms with van der Waals surface area (Å²) in [5, 5.41) is 0. The number of nitrogens with zero attached hydrogens (tertiary/aromatic N) is 1. The third-order valence-corrected chi connectivity index (χ3v) is 2.89. The quantitative estimate of drug-likeness (QED) is 0.530. The Hall–Kier alpha value is -0.530. The molecule has 0 aliphatic heterocycles. The van der Waals surface area contributed by atoms with E-state index in [0.717, 1.165) is 25.4 Å². The highest BCUT2D eigenvalue weighted by atomic mass is 35.5. The summed E-state index contributed by atoms with van der Waals surface area (Å²) in [4.78, 5) is 2.36. The smallest absolute Gasteiger partial charge is 0.0233 e. The molecule has 1 rings (SSSR count). The van der Waals surface area contributed by atoms with E-state index in [2.05, 4.69) is 43.1 Å². The van der Waals surface area contributed by atoms with E-state index < -0.39 is 0 Å². The second kappa shape index (κ2) is 6.86. The lowest BCUT2D eigenvalue weighted by Crippen LogP contribution is -2.19. The van der Waals surface area contributed by atoms with Crippen molar-refractivity contribution in [3.8, 4) is 0 Å². The van der Waals surface area contributed by atoms with Gasteiger partial charge in [-0.3, -0.25) is 0 Å². The molecule has 0 spiro atoms. The molecule has 0 fully saturated rings. The van der Waals surface area contributed by atoms with Crippen molar-refractivity contribution in [2.24, 2.45) is 0 Å². The molecule has 84 valence electrons. The van der Waals surface area contributed by atoms with Crippen molar-refractivity contribution >= 4 is 11.6 Å². The summed E-state index contributed by atoms with van der Waals surface area (Å²) in [7, 11) is 2.17. The number of alkyl halides is 1. The Balaban J connectivity index is 2.37. The van der Waals surface area contributed by atoms with E-state index in [0.29, 0.717) is 0 Å². The van der Waals surface area contributed by atoms with Gasteiger partial charge in [0.25, 0.3) is 0 Å². The molecule has 0 aliphatic rings. The molecule has 0 radical (unpaired) electrons. The van der Waals surface area contributed by atoms with Crippen LogP contribution in [0.5, 0.6) is 0 Å². The fourth-order valence-corrected chi connectivity index (χ4v) is 1.82. The minimum atomic E-state index is 0.776. The molecule has 0 aromatic heterocycles. The Labute approximate surface area is 98.0 Å². The van der Waals surface area contributed by atoms with E-state index in [4.69, 9.17) is 11.6 Å². The van der Waals surface area contributed by atoms with Crippen molar-refractivity contribution < 1.29 is 0 Å². The summed E-state index contributed by atoms with van der Waals surface area (Å²) in [6, 6.07) is 8.57. The number of rotatable bonds is 6. The summed E-state index contributed by atoms with van der Waals surface area (Å²) in [6.07, 6.45) is 2.30. The van der Waals surface area contributed by atoms with Crippen molar-refractivity contribution in [1.29, 1.82) is 0 Å². The third kappa shape index (κ3) is 4.67. The van der Waals surface area contributed by atoms with Crippen molar-refractivity contribution in [1.82, 2.24) is 4.90 Å². The number of unbranched alkanes of at least 4 members (excludes halogenated alkanes) is 1. The standard InChI is InChI=1S/C13H20ClN/c1-12-7-3-4-8-13(12)11-15(2)10-6-5-9-14/h3-4,7-8H,5-6,9-11H2,1-2H3. The van der Waals surface area contributed by atoms with Gasteiger partial charge in [-0.25, -0.2) is 0 Å². The van der Waals surface area contributed by atoms with Gasteiger partial charge < -0.3 is 4.90 Å². The monoisotopic (exact) mass is 225 g/mol. The first-order valence-corrected chi connectivity index (χ1v) is 6.06. The highest BCUT2D eigenvalue weighted by Crippen LogP contribution is 2.09. The molecule has 1 aromatic rings. The zero-order valence-corrected chi connectivity index (χ0v) is 10.4. The summed E-state index contributed by atoms with van der Waals surface area (Å²) in [5.74, 6) is 0.776. The van der Waals surface area contributed by atoms with Crippen LogP contribution in [0.25, 0.3) is 0 Å². The van der Waals surface area contributed by atoms with Gasteiger partial charge in [-0.15, -0.1) is 11.6 Å². The minimum absolute atomic E-state index is 0.776. The van der Waals surface area contributed by atoms with Crippen LogP contribution in [-0.4, -0.2) is 24.4 Å². The van der Waals surface area contributed by atoms with E-state index >= 15 is 0 Å². The van der Waals surface area contributed by atoms with E-state index in [9.17, 15) is 0 Å². The summed E-state index contributed by atoms with van der Waals surface area (Å²) < 4.78 is 0. The van der Waals surface area contributed by atoms with Crippen LogP contribution in [0.15, 0.2) is 24.3 Å². The van der Waals surface area contributed by atoms with E-state index in [1.165, 1.54) is 17.5 Å². The molecular weight excluding hydrogens is 206 g/mol. The maximum absolute atomic E-state index is 5.65. The lowest BCUT2D eigenvalue weighted by Gasteiger charge is -2.17. The lowest BCUT2D eigenvalue weighted by molar-refractivity contribution is 0.320. The Bertz CT molecular complexity index is 286. The van der Waals surface area contributed by atoms with Gasteiger partial charge in [0.1, 0.15) is 0 Å². The van der Waals surface area contributed by atoms with Crippen LogP contribution in [-0.2, 0) is 6.54 Å². The van der Waals surface area contributed by atoms with Crippen LogP contribution in [0.3, 0.4) is 0 Å². The number of hydrogen-bond donors (Lipinski definition) is 0. The summed E-state index contributed by atoms with van der Waals surface area (Å²) in [6.45, 7) is 4.33. The second-order valence-electron chi connectivity index (χ2n) is 4.06. The van der Waals surface area contributed by atoms with E-state index in [1.807, 2.05) is 0 Å². The van der Waals surface area contributed by atoms with Crippen LogP contribution >= 0.6 is 11.6 Å². The van der Waals surface area contributed by atoms with Crippen molar-refractivity contribution in [3.63, 3.8) is 0 Å². The largest absolute Gasteiger partial charge is 0.302 e. The maximum Gasteiger partial charge on any atom is 0.0233 e. The van der Waals surface area contributed by atoms with Crippen LogP contribution in [0, 0.1) is 6.92 Å². The first kappa shape index (κ1) is 12.5. The minimum Gasteiger partial charge on any atom is -0.302 e. The number of benzene rings is 1. The van der Waals surface area contributed by atoms with Gasteiger partial charge in [0.05, 0.1) is 0 Å². The van der Waals surface area contributed by atoms with Gasteiger partial charge in [-0.05, 0) is 44.5 Å². The highest BCUT2D eigenvalue weighted by Gasteiger charge is 2.01. The molecule has 1 nitrogen and oxygen atoms in total. The molecule has 0 saturated carbocycles. The fraction of sp³-hybridized carbons (Fsp3) is 0.538. The average molecular weight is 226 g/mol. The maximum atomic E-state index is 5.65. The fourth-order valence-electron chi connectivity index (χ4n) is 1.63. The molecule has 15 heavy (non-hydrogen) atoms. The molecular formula is C13H20ClN. The molecule has 0 saturated heterocycles. The van der Waals surface area contributed by atoms with Crippen LogP contribution in [0.2, 0.25) is 0 Å². The van der Waals surface area contributed by atoms with Gasteiger partial charge in [0.2, 0.25) is 0 Å². The van der Waals surface area contributed by atoms with Crippen molar-refractivity contribution in [2.45, 2.75) is 26.3 Å². The van der Waals surface area contributed by atoms with Crippen LogP contribution < -0.4 is 0 Å². The predicted molar refractivity (Wildman–Crippen MR) is 67.5 cm³/mol. The Kier molecular flexibility index (Phi) is 5.74. The molecule has 0 bridgehead atoms. The normalized spacial score (nSPS) is 10.9.